The normalized spacial score (nSPS) is 14.6. The van der Waals surface area contributed by atoms with Gasteiger partial charge in [-0.05, 0) is 19.4 Å². The number of rotatable bonds is 10. The van der Waals surface area contributed by atoms with E-state index in [0.29, 0.717) is 19.4 Å². The van der Waals surface area contributed by atoms with Crippen molar-refractivity contribution in [1.29, 1.82) is 0 Å². The highest BCUT2D eigenvalue weighted by Crippen LogP contribution is 2.06. The molecule has 9 nitrogen and oxygen atoms in total. The van der Waals surface area contributed by atoms with E-state index < -0.39 is 12.0 Å². The summed E-state index contributed by atoms with van der Waals surface area (Å²) in [6.45, 7) is 11.9. The highest BCUT2D eigenvalue weighted by Gasteiger charge is 2.22. The zero-order valence-electron chi connectivity index (χ0n) is 20.5. The number of carbonyl (C=O) groups is 4. The van der Waals surface area contributed by atoms with Crippen molar-refractivity contribution < 1.29 is 28.7 Å². The highest BCUT2D eigenvalue weighted by atomic mass is 16.5. The molecule has 9 heteroatoms. The fraction of sp³-hybridized carbons (Fsp3) is 0.818. The third kappa shape index (κ3) is 20.9. The van der Waals surface area contributed by atoms with Crippen molar-refractivity contribution >= 4 is 24.3 Å². The van der Waals surface area contributed by atoms with E-state index in [1.807, 2.05) is 20.8 Å². The minimum Gasteiger partial charge on any atom is -0.468 e. The van der Waals surface area contributed by atoms with Crippen LogP contribution in [0.25, 0.3) is 0 Å². The molecule has 1 saturated heterocycles. The minimum absolute atomic E-state index is 0.00431. The van der Waals surface area contributed by atoms with E-state index in [-0.39, 0.29) is 24.3 Å². The van der Waals surface area contributed by atoms with Crippen LogP contribution in [0.15, 0.2) is 0 Å². The maximum Gasteiger partial charge on any atom is 0.328 e. The number of unbranched alkanes of at least 4 members (excludes halogenated alkanes) is 2. The Balaban J connectivity index is -0.000000405. The van der Waals surface area contributed by atoms with E-state index in [0.717, 1.165) is 25.8 Å². The standard InChI is InChI=1S/C8H14N2O3.C8H15NO3.C4H10.C2H6/c1-13-7(11)5-10-8(12)6-2-3-9-4-6;1-3-4-5-7(9-6-10)8(11)12-2;1-3-4-2;1-2/h6,9H,2-5H2,1H3,(H,10,12);6-7H,3-5H2,1-2H3,(H,9,10);3-4H2,1-2H3;1-2H3. The first-order valence-corrected chi connectivity index (χ1v) is 11.2. The SMILES string of the molecule is CC.CCCC.CCCCC(NC=O)C(=O)OC.COC(=O)CNC(=O)C1CCNC1. The Bertz CT molecular complexity index is 453. The molecule has 1 aliphatic rings. The van der Waals surface area contributed by atoms with Crippen LogP contribution in [0.1, 0.15) is 73.1 Å². The zero-order valence-corrected chi connectivity index (χ0v) is 20.5. The maximum atomic E-state index is 11.3. The Kier molecular flexibility index (Phi) is 27.9. The molecule has 1 fully saturated rings. The van der Waals surface area contributed by atoms with E-state index >= 15 is 0 Å². The first-order valence-electron chi connectivity index (χ1n) is 11.2. The van der Waals surface area contributed by atoms with E-state index in [1.165, 1.54) is 27.1 Å². The molecule has 184 valence electrons. The monoisotopic (exact) mass is 447 g/mol. The molecule has 0 radical (unpaired) electrons. The Morgan fingerprint density at radius 3 is 2.06 bits per heavy atom. The van der Waals surface area contributed by atoms with Gasteiger partial charge >= 0.3 is 11.9 Å². The number of amides is 2. The molecule has 0 bridgehead atoms. The Morgan fingerprint density at radius 1 is 1.06 bits per heavy atom. The van der Waals surface area contributed by atoms with Gasteiger partial charge in [-0.1, -0.05) is 60.3 Å². The second kappa shape index (κ2) is 25.9. The van der Waals surface area contributed by atoms with Gasteiger partial charge in [-0.25, -0.2) is 4.79 Å². The van der Waals surface area contributed by atoms with Gasteiger partial charge in [0, 0.05) is 6.54 Å². The lowest BCUT2D eigenvalue weighted by molar-refractivity contribution is -0.144. The number of ether oxygens (including phenoxy) is 2. The predicted molar refractivity (Wildman–Crippen MR) is 122 cm³/mol. The zero-order chi connectivity index (χ0) is 24.5. The quantitative estimate of drug-likeness (QED) is 0.346. The Hall–Kier alpha value is -2.16. The summed E-state index contributed by atoms with van der Waals surface area (Å²) >= 11 is 0. The van der Waals surface area contributed by atoms with Crippen LogP contribution in [-0.4, -0.2) is 64.2 Å². The Morgan fingerprint density at radius 2 is 1.68 bits per heavy atom. The number of methoxy groups -OCH3 is 2. The van der Waals surface area contributed by atoms with Crippen molar-refractivity contribution in [2.24, 2.45) is 5.92 Å². The first-order chi connectivity index (χ1) is 14.9. The van der Waals surface area contributed by atoms with E-state index in [2.05, 4.69) is 39.3 Å². The molecule has 2 atom stereocenters. The summed E-state index contributed by atoms with van der Waals surface area (Å²) in [6, 6.07) is -0.479. The predicted octanol–water partition coefficient (Wildman–Crippen LogP) is 2.18. The van der Waals surface area contributed by atoms with Gasteiger partial charge in [0.15, 0.2) is 0 Å². The molecular formula is C22H45N3O6. The van der Waals surface area contributed by atoms with Crippen LogP contribution >= 0.6 is 0 Å². The van der Waals surface area contributed by atoms with Crippen molar-refractivity contribution in [2.45, 2.75) is 79.2 Å². The van der Waals surface area contributed by atoms with Crippen molar-refractivity contribution in [3.63, 3.8) is 0 Å². The number of esters is 2. The molecule has 0 saturated carbocycles. The summed E-state index contributed by atoms with van der Waals surface area (Å²) in [5.41, 5.74) is 0. The third-order valence-corrected chi connectivity index (χ3v) is 4.17. The second-order valence-electron chi connectivity index (χ2n) is 6.49. The average molecular weight is 448 g/mol. The molecule has 0 aromatic carbocycles. The number of hydrogen-bond acceptors (Lipinski definition) is 7. The molecule has 1 aliphatic heterocycles. The van der Waals surface area contributed by atoms with Gasteiger partial charge in [0.05, 0.1) is 20.1 Å². The van der Waals surface area contributed by atoms with Gasteiger partial charge in [-0.15, -0.1) is 0 Å². The van der Waals surface area contributed by atoms with Crippen LogP contribution in [0.4, 0.5) is 0 Å². The summed E-state index contributed by atoms with van der Waals surface area (Å²) < 4.78 is 8.90. The van der Waals surface area contributed by atoms with E-state index in [1.54, 1.807) is 0 Å². The van der Waals surface area contributed by atoms with Gasteiger partial charge in [0.25, 0.3) is 0 Å². The summed E-state index contributed by atoms with van der Waals surface area (Å²) in [5.74, 6) is -0.866. The first kappa shape index (κ1) is 33.5. The van der Waals surface area contributed by atoms with Crippen molar-refractivity contribution in [3.05, 3.63) is 0 Å². The van der Waals surface area contributed by atoms with Gasteiger partial charge < -0.3 is 25.4 Å². The lowest BCUT2D eigenvalue weighted by Crippen LogP contribution is -2.36. The topological polar surface area (TPSA) is 123 Å². The van der Waals surface area contributed by atoms with E-state index in [9.17, 15) is 19.2 Å². The molecule has 2 amide bonds. The van der Waals surface area contributed by atoms with Gasteiger partial charge in [-0.3, -0.25) is 14.4 Å². The third-order valence-electron chi connectivity index (χ3n) is 4.17. The van der Waals surface area contributed by atoms with Crippen LogP contribution < -0.4 is 16.0 Å². The van der Waals surface area contributed by atoms with E-state index in [4.69, 9.17) is 0 Å². The van der Waals surface area contributed by atoms with Crippen LogP contribution in [0.3, 0.4) is 0 Å². The number of nitrogens with one attached hydrogen (secondary N) is 3. The highest BCUT2D eigenvalue weighted by molar-refractivity contribution is 5.83. The average Bonchev–Trinajstić information content (AvgIpc) is 3.36. The maximum absolute atomic E-state index is 11.3. The van der Waals surface area contributed by atoms with Crippen molar-refractivity contribution in [2.75, 3.05) is 33.9 Å². The molecular weight excluding hydrogens is 402 g/mol. The number of hydrogen-bond donors (Lipinski definition) is 3. The Labute approximate surface area is 188 Å². The fourth-order valence-electron chi connectivity index (χ4n) is 2.16. The molecule has 0 aromatic heterocycles. The summed E-state index contributed by atoms with van der Waals surface area (Å²) in [5, 5.41) is 8.01. The van der Waals surface area contributed by atoms with Crippen LogP contribution in [0.2, 0.25) is 0 Å². The summed E-state index contributed by atoms with van der Waals surface area (Å²) in [7, 11) is 2.61. The second-order valence-corrected chi connectivity index (χ2v) is 6.49. The molecule has 0 aromatic rings. The number of carbonyl (C=O) groups excluding carboxylic acids is 4. The molecule has 1 heterocycles. The van der Waals surface area contributed by atoms with Crippen molar-refractivity contribution in [3.8, 4) is 0 Å². The molecule has 31 heavy (non-hydrogen) atoms. The fourth-order valence-corrected chi connectivity index (χ4v) is 2.16. The molecule has 0 spiro atoms. The molecule has 2 unspecified atom stereocenters. The van der Waals surface area contributed by atoms with Gasteiger partial charge in [-0.2, -0.15) is 0 Å². The largest absolute Gasteiger partial charge is 0.468 e. The van der Waals surface area contributed by atoms with Crippen LogP contribution in [0.5, 0.6) is 0 Å². The summed E-state index contributed by atoms with van der Waals surface area (Å²) in [6.07, 6.45) is 6.54. The van der Waals surface area contributed by atoms with Gasteiger partial charge in [0.1, 0.15) is 12.6 Å². The minimum atomic E-state index is -0.479. The van der Waals surface area contributed by atoms with Gasteiger partial charge in [0.2, 0.25) is 12.3 Å². The molecule has 0 aliphatic carbocycles. The lowest BCUT2D eigenvalue weighted by Gasteiger charge is -2.12. The van der Waals surface area contributed by atoms with Crippen molar-refractivity contribution in [1.82, 2.24) is 16.0 Å². The smallest absolute Gasteiger partial charge is 0.328 e. The van der Waals surface area contributed by atoms with Crippen LogP contribution in [0, 0.1) is 5.92 Å². The molecule has 1 rings (SSSR count). The lowest BCUT2D eigenvalue weighted by atomic mass is 10.1. The summed E-state index contributed by atoms with van der Waals surface area (Å²) in [4.78, 5) is 43.0. The van der Waals surface area contributed by atoms with Crippen LogP contribution in [-0.2, 0) is 28.7 Å². The molecule has 3 N–H and O–H groups in total.